The van der Waals surface area contributed by atoms with Crippen molar-refractivity contribution in [1.29, 1.82) is 0 Å². The van der Waals surface area contributed by atoms with Gasteiger partial charge in [0, 0.05) is 19.0 Å². The van der Waals surface area contributed by atoms with E-state index in [4.69, 9.17) is 0 Å². The van der Waals surface area contributed by atoms with Crippen LogP contribution in [-0.4, -0.2) is 55.3 Å². The number of rotatable bonds is 3. The van der Waals surface area contributed by atoms with Crippen LogP contribution in [0.4, 0.5) is 0 Å². The van der Waals surface area contributed by atoms with Gasteiger partial charge in [-0.3, -0.25) is 9.59 Å². The lowest BCUT2D eigenvalue weighted by Crippen LogP contribution is -2.52. The van der Waals surface area contributed by atoms with Crippen molar-refractivity contribution in [3.05, 3.63) is 0 Å². The van der Waals surface area contributed by atoms with Crippen LogP contribution >= 0.6 is 0 Å². The van der Waals surface area contributed by atoms with E-state index in [9.17, 15) is 18.0 Å². The van der Waals surface area contributed by atoms with E-state index in [0.29, 0.717) is 13.0 Å². The molecule has 0 aromatic rings. The van der Waals surface area contributed by atoms with Crippen molar-refractivity contribution >= 4 is 21.7 Å². The smallest absolute Gasteiger partial charge is 0.225 e. The van der Waals surface area contributed by atoms with Gasteiger partial charge in [0.1, 0.15) is 0 Å². The van der Waals surface area contributed by atoms with Crippen LogP contribution in [0.2, 0.25) is 0 Å². The quantitative estimate of drug-likeness (QED) is 0.809. The Morgan fingerprint density at radius 3 is 2.50 bits per heavy atom. The fourth-order valence-corrected chi connectivity index (χ4v) is 5.58. The minimum atomic E-state index is -3.04. The van der Waals surface area contributed by atoms with Crippen molar-refractivity contribution < 1.29 is 18.0 Å². The zero-order valence-electron chi connectivity index (χ0n) is 13.0. The van der Waals surface area contributed by atoms with Gasteiger partial charge in [-0.1, -0.05) is 0 Å². The molecule has 3 fully saturated rings. The number of piperidine rings is 1. The first kappa shape index (κ1) is 15.8. The standard InChI is InChI=1S/C15H24N2O4S/c1-15(6-8-22(20,21)10-15)16-13(18)12-3-2-7-17(9-12)14(19)11-4-5-11/h11-12H,2-10H2,1H3,(H,16,18). The van der Waals surface area contributed by atoms with Crippen LogP contribution < -0.4 is 5.32 Å². The van der Waals surface area contributed by atoms with Gasteiger partial charge in [-0.05, 0) is 39.0 Å². The fourth-order valence-electron chi connectivity index (χ4n) is 3.49. The first-order valence-electron chi connectivity index (χ1n) is 8.09. The number of hydrogen-bond donors (Lipinski definition) is 1. The van der Waals surface area contributed by atoms with Gasteiger partial charge in [0.15, 0.2) is 9.84 Å². The van der Waals surface area contributed by atoms with Crippen LogP contribution in [0.25, 0.3) is 0 Å². The SMILES string of the molecule is CC1(NC(=O)C2CCCN(C(=O)C3CC3)C2)CCS(=O)(=O)C1. The second-order valence-electron chi connectivity index (χ2n) is 7.29. The molecule has 0 bridgehead atoms. The summed E-state index contributed by atoms with van der Waals surface area (Å²) in [6.07, 6.45) is 4.03. The summed E-state index contributed by atoms with van der Waals surface area (Å²) in [4.78, 5) is 26.4. The highest BCUT2D eigenvalue weighted by atomic mass is 32.2. The zero-order valence-corrected chi connectivity index (χ0v) is 13.8. The summed E-state index contributed by atoms with van der Waals surface area (Å²) in [7, 11) is -3.04. The van der Waals surface area contributed by atoms with E-state index in [0.717, 1.165) is 32.2 Å². The maximum Gasteiger partial charge on any atom is 0.225 e. The van der Waals surface area contributed by atoms with Crippen LogP contribution in [-0.2, 0) is 19.4 Å². The summed E-state index contributed by atoms with van der Waals surface area (Å²) < 4.78 is 23.2. The molecular formula is C15H24N2O4S. The van der Waals surface area contributed by atoms with Gasteiger partial charge >= 0.3 is 0 Å². The van der Waals surface area contributed by atoms with Gasteiger partial charge in [-0.15, -0.1) is 0 Å². The van der Waals surface area contributed by atoms with E-state index in [1.54, 1.807) is 6.92 Å². The second-order valence-corrected chi connectivity index (χ2v) is 9.47. The Kier molecular flexibility index (Phi) is 3.95. The maximum absolute atomic E-state index is 12.5. The highest BCUT2D eigenvalue weighted by Crippen LogP contribution is 2.32. The third-order valence-corrected chi connectivity index (χ3v) is 6.86. The molecule has 124 valence electrons. The van der Waals surface area contributed by atoms with Gasteiger partial charge < -0.3 is 10.2 Å². The minimum absolute atomic E-state index is 0.0170. The Morgan fingerprint density at radius 1 is 1.18 bits per heavy atom. The van der Waals surface area contributed by atoms with E-state index in [1.807, 2.05) is 4.90 Å². The Hall–Kier alpha value is -1.11. The van der Waals surface area contributed by atoms with Gasteiger partial charge in [0.25, 0.3) is 0 Å². The van der Waals surface area contributed by atoms with Crippen molar-refractivity contribution in [2.75, 3.05) is 24.6 Å². The molecule has 0 aromatic carbocycles. The molecule has 2 atom stereocenters. The van der Waals surface area contributed by atoms with Gasteiger partial charge in [0.05, 0.1) is 23.0 Å². The van der Waals surface area contributed by atoms with Gasteiger partial charge in [-0.2, -0.15) is 0 Å². The van der Waals surface area contributed by atoms with E-state index < -0.39 is 15.4 Å². The summed E-state index contributed by atoms with van der Waals surface area (Å²) >= 11 is 0. The van der Waals surface area contributed by atoms with Crippen LogP contribution in [0.5, 0.6) is 0 Å². The monoisotopic (exact) mass is 328 g/mol. The number of hydrogen-bond acceptors (Lipinski definition) is 4. The molecule has 2 saturated heterocycles. The lowest BCUT2D eigenvalue weighted by molar-refractivity contribution is -0.137. The first-order chi connectivity index (χ1) is 10.3. The lowest BCUT2D eigenvalue weighted by Gasteiger charge is -2.34. The molecule has 3 aliphatic rings. The summed E-state index contributed by atoms with van der Waals surface area (Å²) in [6.45, 7) is 3.01. The number of nitrogens with one attached hydrogen (secondary N) is 1. The predicted molar refractivity (Wildman–Crippen MR) is 81.8 cm³/mol. The molecule has 1 aliphatic carbocycles. The topological polar surface area (TPSA) is 83.6 Å². The van der Waals surface area contributed by atoms with Crippen LogP contribution in [0, 0.1) is 11.8 Å². The molecule has 1 saturated carbocycles. The molecule has 0 radical (unpaired) electrons. The second kappa shape index (κ2) is 5.51. The molecule has 2 heterocycles. The van der Waals surface area contributed by atoms with Crippen molar-refractivity contribution in [2.45, 2.75) is 44.6 Å². The Bertz CT molecular complexity index is 584. The molecule has 0 spiro atoms. The summed E-state index contributed by atoms with van der Waals surface area (Å²) in [5.74, 6) is 0.208. The number of carbonyl (C=O) groups excluding carboxylic acids is 2. The highest BCUT2D eigenvalue weighted by Gasteiger charge is 2.42. The van der Waals surface area contributed by atoms with E-state index in [2.05, 4.69) is 5.32 Å². The molecule has 0 aromatic heterocycles. The number of likely N-dealkylation sites (tertiary alicyclic amines) is 1. The van der Waals surface area contributed by atoms with Gasteiger partial charge in [-0.25, -0.2) is 8.42 Å². The highest BCUT2D eigenvalue weighted by molar-refractivity contribution is 7.91. The van der Waals surface area contributed by atoms with Crippen molar-refractivity contribution in [3.8, 4) is 0 Å². The third kappa shape index (κ3) is 3.45. The normalized spacial score (nSPS) is 34.4. The van der Waals surface area contributed by atoms with Gasteiger partial charge in [0.2, 0.25) is 11.8 Å². The van der Waals surface area contributed by atoms with Crippen LogP contribution in [0.1, 0.15) is 39.0 Å². The lowest BCUT2D eigenvalue weighted by atomic mass is 9.94. The molecule has 2 amide bonds. The molecule has 6 nitrogen and oxygen atoms in total. The summed E-state index contributed by atoms with van der Waals surface area (Å²) in [5, 5.41) is 2.93. The minimum Gasteiger partial charge on any atom is -0.350 e. The number of nitrogens with zero attached hydrogens (tertiary/aromatic N) is 1. The van der Waals surface area contributed by atoms with Crippen molar-refractivity contribution in [2.24, 2.45) is 11.8 Å². The molecule has 2 unspecified atom stereocenters. The number of amides is 2. The van der Waals surface area contributed by atoms with E-state index >= 15 is 0 Å². The summed E-state index contributed by atoms with van der Waals surface area (Å²) in [5.41, 5.74) is -0.654. The number of carbonyl (C=O) groups is 2. The Morgan fingerprint density at radius 2 is 1.91 bits per heavy atom. The Labute approximate surface area is 131 Å². The number of sulfone groups is 1. The summed E-state index contributed by atoms with van der Waals surface area (Å²) in [6, 6.07) is 0. The molecule has 7 heteroatoms. The van der Waals surface area contributed by atoms with E-state index in [-0.39, 0.29) is 35.2 Å². The molecule has 1 N–H and O–H groups in total. The first-order valence-corrected chi connectivity index (χ1v) is 9.91. The van der Waals surface area contributed by atoms with Crippen molar-refractivity contribution in [1.82, 2.24) is 10.2 Å². The van der Waals surface area contributed by atoms with Crippen LogP contribution in [0.3, 0.4) is 0 Å². The Balaban J connectivity index is 1.59. The maximum atomic E-state index is 12.5. The zero-order chi connectivity index (χ0) is 16.0. The largest absolute Gasteiger partial charge is 0.350 e. The average molecular weight is 328 g/mol. The molecule has 2 aliphatic heterocycles. The predicted octanol–water partition coefficient (Wildman–Crippen LogP) is 0.328. The molecule has 3 rings (SSSR count). The van der Waals surface area contributed by atoms with Crippen LogP contribution in [0.15, 0.2) is 0 Å². The average Bonchev–Trinajstić information content (AvgIpc) is 3.25. The molecular weight excluding hydrogens is 304 g/mol. The molecule has 22 heavy (non-hydrogen) atoms. The van der Waals surface area contributed by atoms with E-state index in [1.165, 1.54) is 0 Å². The fraction of sp³-hybridized carbons (Fsp3) is 0.867. The third-order valence-electron chi connectivity index (χ3n) is 4.96. The van der Waals surface area contributed by atoms with Crippen molar-refractivity contribution in [3.63, 3.8) is 0 Å².